The number of hydrogen-bond acceptors (Lipinski definition) is 6. The van der Waals surface area contributed by atoms with Crippen molar-refractivity contribution in [2.24, 2.45) is 0 Å². The molecular weight excluding hydrogens is 382 g/mol. The van der Waals surface area contributed by atoms with E-state index in [1.165, 1.54) is 0 Å². The summed E-state index contributed by atoms with van der Waals surface area (Å²) in [6.45, 7) is 1.86. The van der Waals surface area contributed by atoms with Crippen LogP contribution < -0.4 is 23.8 Å². The molecule has 30 heavy (non-hydrogen) atoms. The first kappa shape index (κ1) is 18.6. The lowest BCUT2D eigenvalue weighted by atomic mass is 9.84. The summed E-state index contributed by atoms with van der Waals surface area (Å²) in [4.78, 5) is 14.3. The third kappa shape index (κ3) is 2.67. The topological polar surface area (TPSA) is 57.2 Å². The molecule has 0 aromatic heterocycles. The van der Waals surface area contributed by atoms with Crippen molar-refractivity contribution in [3.63, 3.8) is 0 Å². The highest BCUT2D eigenvalue weighted by Crippen LogP contribution is 2.52. The lowest BCUT2D eigenvalue weighted by molar-refractivity contribution is -0.117. The lowest BCUT2D eigenvalue weighted by Gasteiger charge is -2.38. The van der Waals surface area contributed by atoms with E-state index in [1.54, 1.807) is 21.1 Å². The van der Waals surface area contributed by atoms with Gasteiger partial charge in [-0.05, 0) is 47.7 Å². The highest BCUT2D eigenvalue weighted by atomic mass is 16.7. The summed E-state index contributed by atoms with van der Waals surface area (Å²) >= 11 is 0. The number of nitrogens with zero attached hydrogens (tertiary/aromatic N) is 1. The third-order valence-corrected chi connectivity index (χ3v) is 5.99. The lowest BCUT2D eigenvalue weighted by Crippen LogP contribution is -2.30. The van der Waals surface area contributed by atoms with Crippen LogP contribution in [0.15, 0.2) is 36.4 Å². The van der Waals surface area contributed by atoms with Gasteiger partial charge in [-0.3, -0.25) is 4.79 Å². The molecule has 0 aliphatic carbocycles. The first-order valence-electron chi connectivity index (χ1n) is 9.86. The van der Waals surface area contributed by atoms with Crippen molar-refractivity contribution in [2.75, 3.05) is 33.0 Å². The van der Waals surface area contributed by atoms with Crippen LogP contribution in [0.5, 0.6) is 23.0 Å². The molecule has 0 unspecified atom stereocenters. The van der Waals surface area contributed by atoms with Crippen molar-refractivity contribution in [1.82, 2.24) is 0 Å². The second-order valence-electron chi connectivity index (χ2n) is 7.72. The van der Waals surface area contributed by atoms with Crippen molar-refractivity contribution in [2.45, 2.75) is 19.4 Å². The summed E-state index contributed by atoms with van der Waals surface area (Å²) in [6.07, 6.45) is 0.402. The van der Waals surface area contributed by atoms with Crippen LogP contribution in [0.3, 0.4) is 0 Å². The first-order chi connectivity index (χ1) is 14.5. The van der Waals surface area contributed by atoms with Crippen molar-refractivity contribution in [1.29, 1.82) is 0 Å². The highest BCUT2D eigenvalue weighted by Gasteiger charge is 2.33. The molecule has 5 rings (SSSR count). The Balaban J connectivity index is 1.82. The van der Waals surface area contributed by atoms with Crippen LogP contribution in [0.4, 0.5) is 5.69 Å². The summed E-state index contributed by atoms with van der Waals surface area (Å²) in [6, 6.07) is 12.1. The third-order valence-electron chi connectivity index (χ3n) is 5.99. The zero-order valence-electron chi connectivity index (χ0n) is 17.4. The molecule has 0 fully saturated rings. The van der Waals surface area contributed by atoms with Crippen LogP contribution in [0.2, 0.25) is 0 Å². The molecule has 0 bridgehead atoms. The molecule has 0 saturated carbocycles. The zero-order chi connectivity index (χ0) is 21.0. The Kier molecular flexibility index (Phi) is 4.24. The van der Waals surface area contributed by atoms with Crippen LogP contribution in [-0.4, -0.2) is 33.8 Å². The SMILES string of the molecule is COc1cc2c(cc1OC)[C@@H](CC(C)=O)N(C)c1c-2ccc2cc3c(cc12)OCO3. The second kappa shape index (κ2) is 6.83. The minimum Gasteiger partial charge on any atom is -0.493 e. The number of ether oxygens (including phenoxy) is 4. The van der Waals surface area contributed by atoms with Gasteiger partial charge >= 0.3 is 0 Å². The minimum atomic E-state index is -0.110. The average Bonchev–Trinajstić information content (AvgIpc) is 3.20. The average molecular weight is 405 g/mol. The maximum Gasteiger partial charge on any atom is 0.231 e. The fourth-order valence-corrected chi connectivity index (χ4v) is 4.58. The summed E-state index contributed by atoms with van der Waals surface area (Å²) in [5.41, 5.74) is 4.25. The van der Waals surface area contributed by atoms with E-state index in [4.69, 9.17) is 18.9 Å². The fourth-order valence-electron chi connectivity index (χ4n) is 4.58. The van der Waals surface area contributed by atoms with E-state index in [-0.39, 0.29) is 18.6 Å². The van der Waals surface area contributed by atoms with Gasteiger partial charge in [-0.1, -0.05) is 12.1 Å². The van der Waals surface area contributed by atoms with E-state index in [1.807, 2.05) is 31.3 Å². The van der Waals surface area contributed by atoms with E-state index in [0.29, 0.717) is 17.9 Å². The molecule has 0 spiro atoms. The number of carbonyl (C=O) groups excluding carboxylic acids is 1. The maximum atomic E-state index is 12.2. The molecule has 2 heterocycles. The van der Waals surface area contributed by atoms with E-state index in [0.717, 1.165) is 44.6 Å². The minimum absolute atomic E-state index is 0.110. The van der Waals surface area contributed by atoms with Gasteiger partial charge in [0.25, 0.3) is 0 Å². The van der Waals surface area contributed by atoms with E-state index in [9.17, 15) is 4.79 Å². The smallest absolute Gasteiger partial charge is 0.231 e. The van der Waals surface area contributed by atoms with Crippen LogP contribution in [0.25, 0.3) is 21.9 Å². The zero-order valence-corrected chi connectivity index (χ0v) is 17.4. The van der Waals surface area contributed by atoms with Crippen LogP contribution in [0, 0.1) is 0 Å². The van der Waals surface area contributed by atoms with Gasteiger partial charge in [-0.2, -0.15) is 0 Å². The summed E-state index contributed by atoms with van der Waals surface area (Å²) in [7, 11) is 5.30. The Morgan fingerprint density at radius 2 is 1.73 bits per heavy atom. The number of ketones is 1. The molecule has 0 radical (unpaired) electrons. The molecule has 6 heteroatoms. The van der Waals surface area contributed by atoms with Crippen molar-refractivity contribution >= 4 is 22.2 Å². The summed E-state index contributed by atoms with van der Waals surface area (Å²) < 4.78 is 22.3. The molecule has 2 aliphatic rings. The van der Waals surface area contributed by atoms with Gasteiger partial charge in [0.05, 0.1) is 25.9 Å². The number of carbonyl (C=O) groups is 1. The summed E-state index contributed by atoms with van der Waals surface area (Å²) in [5.74, 6) is 2.96. The number of hydrogen-bond donors (Lipinski definition) is 0. The highest BCUT2D eigenvalue weighted by molar-refractivity contribution is 6.05. The standard InChI is InChI=1S/C24H23NO5/c1-13(26)7-19-18-11-21(28-4)20(27-3)10-17(18)15-6-5-14-8-22-23(30-12-29-22)9-16(14)24(15)25(19)2/h5-6,8-11,19H,7,12H2,1-4H3/t19-/m1/s1. The maximum absolute atomic E-state index is 12.2. The molecular formula is C24H23NO5. The fraction of sp³-hybridized carbons (Fsp3) is 0.292. The van der Waals surface area contributed by atoms with Gasteiger partial charge in [0.15, 0.2) is 23.0 Å². The van der Waals surface area contributed by atoms with Crippen LogP contribution in [0.1, 0.15) is 24.9 Å². The van der Waals surface area contributed by atoms with E-state index in [2.05, 4.69) is 17.0 Å². The number of benzene rings is 3. The quantitative estimate of drug-likeness (QED) is 0.626. The Labute approximate surface area is 174 Å². The van der Waals surface area contributed by atoms with Gasteiger partial charge in [0.1, 0.15) is 5.78 Å². The van der Waals surface area contributed by atoms with Gasteiger partial charge < -0.3 is 23.8 Å². The van der Waals surface area contributed by atoms with Crippen LogP contribution in [-0.2, 0) is 4.79 Å². The molecule has 3 aromatic carbocycles. The van der Waals surface area contributed by atoms with E-state index >= 15 is 0 Å². The monoisotopic (exact) mass is 405 g/mol. The molecule has 3 aromatic rings. The van der Waals surface area contributed by atoms with E-state index < -0.39 is 0 Å². The Morgan fingerprint density at radius 1 is 1.03 bits per heavy atom. The predicted octanol–water partition coefficient (Wildman–Crippen LogP) is 4.72. The van der Waals surface area contributed by atoms with Gasteiger partial charge in [-0.15, -0.1) is 0 Å². The van der Waals surface area contributed by atoms with Gasteiger partial charge in [0, 0.05) is 24.4 Å². The van der Waals surface area contributed by atoms with Crippen molar-refractivity contribution < 1.29 is 23.7 Å². The molecule has 154 valence electrons. The molecule has 0 saturated heterocycles. The largest absolute Gasteiger partial charge is 0.493 e. The molecule has 0 amide bonds. The number of rotatable bonds is 4. The normalized spacial score (nSPS) is 16.3. The summed E-state index contributed by atoms with van der Waals surface area (Å²) in [5, 5.41) is 2.13. The van der Waals surface area contributed by atoms with Gasteiger partial charge in [-0.25, -0.2) is 0 Å². The second-order valence-corrected chi connectivity index (χ2v) is 7.72. The number of methoxy groups -OCH3 is 2. The number of anilines is 1. The molecule has 0 N–H and O–H groups in total. The number of Topliss-reactive ketones (excluding diaryl/α,β-unsaturated/α-hetero) is 1. The van der Waals surface area contributed by atoms with Crippen LogP contribution >= 0.6 is 0 Å². The molecule has 1 atom stereocenters. The Hall–Kier alpha value is -3.41. The molecule has 6 nitrogen and oxygen atoms in total. The van der Waals surface area contributed by atoms with Gasteiger partial charge in [0.2, 0.25) is 6.79 Å². The first-order valence-corrected chi connectivity index (χ1v) is 9.86. The van der Waals surface area contributed by atoms with Crippen molar-refractivity contribution in [3.05, 3.63) is 42.0 Å². The molecule has 2 aliphatic heterocycles. The predicted molar refractivity (Wildman–Crippen MR) is 115 cm³/mol. The Bertz CT molecular complexity index is 1190. The van der Waals surface area contributed by atoms with Crippen molar-refractivity contribution in [3.8, 4) is 34.1 Å². The Morgan fingerprint density at radius 3 is 2.43 bits per heavy atom. The number of fused-ring (bicyclic) bond motifs is 6.